The molecule has 0 unspecified atom stereocenters. The highest BCUT2D eigenvalue weighted by Gasteiger charge is 2.48. The van der Waals surface area contributed by atoms with Crippen LogP contribution in [0.1, 0.15) is 6.42 Å². The van der Waals surface area contributed by atoms with E-state index in [-0.39, 0.29) is 12.2 Å². The van der Waals surface area contributed by atoms with Crippen LogP contribution in [0.15, 0.2) is 63.2 Å². The van der Waals surface area contributed by atoms with E-state index in [2.05, 4.69) is 5.32 Å². The summed E-state index contributed by atoms with van der Waals surface area (Å²) in [4.78, 5) is 9.76. The zero-order valence-corrected chi connectivity index (χ0v) is 17.6. The molecule has 13 heteroatoms. The summed E-state index contributed by atoms with van der Waals surface area (Å²) < 4.78 is 86.3. The van der Waals surface area contributed by atoms with Crippen LogP contribution >= 0.6 is 11.8 Å². The van der Waals surface area contributed by atoms with Gasteiger partial charge in [-0.25, -0.2) is 22.0 Å². The lowest BCUT2D eigenvalue weighted by Gasteiger charge is -2.21. The zero-order valence-electron chi connectivity index (χ0n) is 15.2. The van der Waals surface area contributed by atoms with E-state index in [1.54, 1.807) is 30.3 Å². The molecule has 2 aromatic carbocycles. The van der Waals surface area contributed by atoms with Crippen LogP contribution in [0.5, 0.6) is 0 Å². The first-order valence-electron chi connectivity index (χ1n) is 8.22. The van der Waals surface area contributed by atoms with Crippen LogP contribution in [-0.4, -0.2) is 40.4 Å². The Labute approximate surface area is 175 Å². The number of nitrogens with one attached hydrogen (secondary N) is 1. The molecular formula is C17H17F3N2O5S3. The fourth-order valence-corrected chi connectivity index (χ4v) is 4.89. The number of alkyl halides is 3. The summed E-state index contributed by atoms with van der Waals surface area (Å²) in [6.45, 7) is 0. The second-order valence-corrected chi connectivity index (χ2v) is 10.6. The zero-order chi connectivity index (χ0) is 22.6. The number of aldehydes is 1. The molecule has 164 valence electrons. The summed E-state index contributed by atoms with van der Waals surface area (Å²) in [7, 11) is -10.3. The summed E-state index contributed by atoms with van der Waals surface area (Å²) in [6, 6.07) is 10.3. The number of benzene rings is 2. The maximum absolute atomic E-state index is 13.1. The van der Waals surface area contributed by atoms with Gasteiger partial charge in [0.2, 0.25) is 10.0 Å². The summed E-state index contributed by atoms with van der Waals surface area (Å²) in [6.07, 6.45) is 0.419. The predicted molar refractivity (Wildman–Crippen MR) is 106 cm³/mol. The number of sulfone groups is 1. The van der Waals surface area contributed by atoms with E-state index in [9.17, 15) is 34.8 Å². The Hall–Kier alpha value is -2.09. The van der Waals surface area contributed by atoms with Crippen LogP contribution in [0.2, 0.25) is 0 Å². The third-order valence-corrected chi connectivity index (χ3v) is 7.42. The average Bonchev–Trinajstić information content (AvgIpc) is 2.65. The van der Waals surface area contributed by atoms with Crippen molar-refractivity contribution >= 4 is 43.6 Å². The van der Waals surface area contributed by atoms with Gasteiger partial charge >= 0.3 is 5.51 Å². The van der Waals surface area contributed by atoms with Crippen molar-refractivity contribution in [1.29, 1.82) is 0 Å². The van der Waals surface area contributed by atoms with Crippen LogP contribution in [0.4, 0.5) is 18.9 Å². The minimum absolute atomic E-state index is 0.123. The maximum Gasteiger partial charge on any atom is 0.501 e. The smallest absolute Gasteiger partial charge is 0.380 e. The fraction of sp³-hybridized carbons (Fsp3) is 0.235. The minimum atomic E-state index is -5.90. The first kappa shape index (κ1) is 24.2. The van der Waals surface area contributed by atoms with Gasteiger partial charge in [0.1, 0.15) is 11.2 Å². The lowest BCUT2D eigenvalue weighted by molar-refractivity contribution is -0.107. The lowest BCUT2D eigenvalue weighted by Crippen LogP contribution is -2.28. The standard InChI is InChI=1S/C17H17F3N2O5S3/c18-17(19,20)29(24,25)16-10-14(30(21,26)27)6-7-15(16)22-12(8-9-23)11-28-13-4-2-1-3-5-13/h1-7,9-10,12,22H,8,11H2,(H2,21,26,27)/t12-/m1/s1. The Morgan fingerprint density at radius 2 is 1.70 bits per heavy atom. The third-order valence-electron chi connectivity index (χ3n) is 3.81. The number of hydrogen-bond donors (Lipinski definition) is 2. The molecule has 0 radical (unpaired) electrons. The summed E-state index contributed by atoms with van der Waals surface area (Å²) in [5.41, 5.74) is -6.15. The summed E-state index contributed by atoms with van der Waals surface area (Å²) in [5.74, 6) is 0.227. The SMILES string of the molecule is NS(=O)(=O)c1ccc(N[C@H](CC=O)CSc2ccccc2)c(S(=O)(=O)C(F)(F)F)c1. The van der Waals surface area contributed by atoms with E-state index in [1.165, 1.54) is 11.8 Å². The van der Waals surface area contributed by atoms with E-state index >= 15 is 0 Å². The molecule has 7 nitrogen and oxygen atoms in total. The van der Waals surface area contributed by atoms with Crippen molar-refractivity contribution in [2.75, 3.05) is 11.1 Å². The van der Waals surface area contributed by atoms with Crippen LogP contribution in [0, 0.1) is 0 Å². The van der Waals surface area contributed by atoms with Gasteiger partial charge < -0.3 is 10.1 Å². The van der Waals surface area contributed by atoms with Crippen molar-refractivity contribution in [2.24, 2.45) is 5.14 Å². The quantitative estimate of drug-likeness (QED) is 0.416. The van der Waals surface area contributed by atoms with Crippen molar-refractivity contribution in [2.45, 2.75) is 32.7 Å². The number of carbonyl (C=O) groups excluding carboxylic acids is 1. The molecule has 0 amide bonds. The number of rotatable bonds is 9. The van der Waals surface area contributed by atoms with Crippen LogP contribution in [0.3, 0.4) is 0 Å². The van der Waals surface area contributed by atoms with Crippen molar-refractivity contribution < 1.29 is 34.8 Å². The molecular weight excluding hydrogens is 465 g/mol. The van der Waals surface area contributed by atoms with Crippen molar-refractivity contribution in [3.8, 4) is 0 Å². The highest BCUT2D eigenvalue weighted by molar-refractivity contribution is 7.99. The van der Waals surface area contributed by atoms with Gasteiger partial charge in [0, 0.05) is 23.1 Å². The highest BCUT2D eigenvalue weighted by Crippen LogP contribution is 2.36. The molecule has 3 N–H and O–H groups in total. The van der Waals surface area contributed by atoms with Crippen LogP contribution in [0.25, 0.3) is 0 Å². The van der Waals surface area contributed by atoms with Gasteiger partial charge in [-0.15, -0.1) is 11.8 Å². The van der Waals surface area contributed by atoms with Crippen LogP contribution < -0.4 is 10.5 Å². The number of primary sulfonamides is 1. The molecule has 0 aliphatic carbocycles. The molecule has 0 aliphatic rings. The largest absolute Gasteiger partial charge is 0.501 e. The molecule has 30 heavy (non-hydrogen) atoms. The number of hydrogen-bond acceptors (Lipinski definition) is 7. The molecule has 1 atom stereocenters. The molecule has 0 saturated carbocycles. The third kappa shape index (κ3) is 5.97. The topological polar surface area (TPSA) is 123 Å². The molecule has 0 aromatic heterocycles. The van der Waals surface area contributed by atoms with Crippen molar-refractivity contribution in [1.82, 2.24) is 0 Å². The number of anilines is 1. The Morgan fingerprint density at radius 1 is 1.07 bits per heavy atom. The van der Waals surface area contributed by atoms with E-state index < -0.39 is 46.9 Å². The summed E-state index contributed by atoms with van der Waals surface area (Å²) in [5, 5.41) is 7.52. The molecule has 0 spiro atoms. The Kier molecular flexibility index (Phi) is 7.55. The first-order valence-corrected chi connectivity index (χ1v) is 12.2. The predicted octanol–water partition coefficient (Wildman–Crippen LogP) is 2.79. The minimum Gasteiger partial charge on any atom is -0.380 e. The highest BCUT2D eigenvalue weighted by atomic mass is 32.2. The number of thioether (sulfide) groups is 1. The van der Waals surface area contributed by atoms with E-state index in [1.807, 2.05) is 0 Å². The normalized spacial score (nSPS) is 13.6. The monoisotopic (exact) mass is 482 g/mol. The van der Waals surface area contributed by atoms with E-state index in [4.69, 9.17) is 5.14 Å². The molecule has 0 bridgehead atoms. The van der Waals surface area contributed by atoms with Gasteiger partial charge in [0.15, 0.2) is 0 Å². The first-order chi connectivity index (χ1) is 13.9. The van der Waals surface area contributed by atoms with Crippen molar-refractivity contribution in [3.05, 3.63) is 48.5 Å². The van der Waals surface area contributed by atoms with Gasteiger partial charge in [-0.2, -0.15) is 13.2 Å². The van der Waals surface area contributed by atoms with Gasteiger partial charge in [-0.1, -0.05) is 18.2 Å². The second-order valence-electron chi connectivity index (χ2n) is 6.02. The Balaban J connectivity index is 2.43. The van der Waals surface area contributed by atoms with Crippen LogP contribution in [-0.2, 0) is 24.7 Å². The Bertz CT molecular complexity index is 1110. The van der Waals surface area contributed by atoms with Gasteiger partial charge in [-0.05, 0) is 30.3 Å². The number of carbonyl (C=O) groups is 1. The van der Waals surface area contributed by atoms with Gasteiger partial charge in [0.25, 0.3) is 9.84 Å². The molecule has 2 rings (SSSR count). The molecule has 0 fully saturated rings. The molecule has 0 heterocycles. The summed E-state index contributed by atoms with van der Waals surface area (Å²) >= 11 is 1.31. The second kappa shape index (κ2) is 9.37. The Morgan fingerprint density at radius 3 is 2.23 bits per heavy atom. The van der Waals surface area contributed by atoms with E-state index in [0.717, 1.165) is 17.0 Å². The maximum atomic E-state index is 13.1. The number of halogens is 3. The molecule has 0 saturated heterocycles. The number of nitrogens with two attached hydrogens (primary N) is 1. The van der Waals surface area contributed by atoms with Gasteiger partial charge in [-0.3, -0.25) is 0 Å². The van der Waals surface area contributed by atoms with Gasteiger partial charge in [0.05, 0.1) is 10.6 Å². The van der Waals surface area contributed by atoms with E-state index in [0.29, 0.717) is 12.4 Å². The molecule has 2 aromatic rings. The average molecular weight is 483 g/mol. The molecule has 0 aliphatic heterocycles. The van der Waals surface area contributed by atoms with Crippen molar-refractivity contribution in [3.63, 3.8) is 0 Å². The fourth-order valence-electron chi connectivity index (χ4n) is 2.36. The number of sulfonamides is 1. The lowest BCUT2D eigenvalue weighted by atomic mass is 10.2.